The van der Waals surface area contributed by atoms with Gasteiger partial charge in [-0.2, -0.15) is 0 Å². The molecule has 1 aliphatic rings. The van der Waals surface area contributed by atoms with Crippen LogP contribution in [-0.4, -0.2) is 34.1 Å². The van der Waals surface area contributed by atoms with Crippen LogP contribution in [0.2, 0.25) is 0 Å². The SMILES string of the molecule is O=C(Nc1ccccc1O)C1CCCN(c2ncccn2)C1. The van der Waals surface area contributed by atoms with Crippen LogP contribution < -0.4 is 10.2 Å². The summed E-state index contributed by atoms with van der Waals surface area (Å²) in [7, 11) is 0. The number of hydrogen-bond donors (Lipinski definition) is 2. The highest BCUT2D eigenvalue weighted by molar-refractivity contribution is 5.94. The van der Waals surface area contributed by atoms with Gasteiger partial charge in [-0.15, -0.1) is 0 Å². The van der Waals surface area contributed by atoms with E-state index in [9.17, 15) is 9.90 Å². The topological polar surface area (TPSA) is 78.4 Å². The van der Waals surface area contributed by atoms with E-state index < -0.39 is 0 Å². The standard InChI is InChI=1S/C16H18N4O2/c21-14-7-2-1-6-13(14)19-15(22)12-5-3-10-20(11-12)16-17-8-4-9-18-16/h1-2,4,6-9,12,21H,3,5,10-11H2,(H,19,22). The van der Waals surface area contributed by atoms with Crippen molar-refractivity contribution in [1.82, 2.24) is 9.97 Å². The number of phenols is 1. The van der Waals surface area contributed by atoms with E-state index in [-0.39, 0.29) is 17.6 Å². The summed E-state index contributed by atoms with van der Waals surface area (Å²) in [5.41, 5.74) is 0.445. The molecular formula is C16H18N4O2. The lowest BCUT2D eigenvalue weighted by Crippen LogP contribution is -2.41. The average molecular weight is 298 g/mol. The number of aromatic hydroxyl groups is 1. The minimum atomic E-state index is -0.142. The molecule has 0 bridgehead atoms. The summed E-state index contributed by atoms with van der Waals surface area (Å²) in [6.45, 7) is 1.44. The zero-order valence-corrected chi connectivity index (χ0v) is 12.1. The quantitative estimate of drug-likeness (QED) is 0.848. The molecule has 114 valence electrons. The number of piperidine rings is 1. The molecule has 6 nitrogen and oxygen atoms in total. The summed E-state index contributed by atoms with van der Waals surface area (Å²) in [5, 5.41) is 12.5. The third-order valence-electron chi connectivity index (χ3n) is 3.79. The maximum Gasteiger partial charge on any atom is 0.229 e. The van der Waals surface area contributed by atoms with Crippen LogP contribution in [0.15, 0.2) is 42.7 Å². The summed E-state index contributed by atoms with van der Waals surface area (Å²) >= 11 is 0. The number of nitrogens with one attached hydrogen (secondary N) is 1. The summed E-state index contributed by atoms with van der Waals surface area (Å²) in [6, 6.07) is 8.52. The summed E-state index contributed by atoms with van der Waals surface area (Å²) in [4.78, 5) is 22.9. The Hall–Kier alpha value is -2.63. The number of anilines is 2. The number of rotatable bonds is 3. The number of aromatic nitrogens is 2. The summed E-state index contributed by atoms with van der Waals surface area (Å²) < 4.78 is 0. The Labute approximate surface area is 128 Å². The van der Waals surface area contributed by atoms with Gasteiger partial charge in [0.15, 0.2) is 0 Å². The van der Waals surface area contributed by atoms with E-state index in [1.54, 1.807) is 42.7 Å². The van der Waals surface area contributed by atoms with Gasteiger partial charge in [-0.3, -0.25) is 4.79 Å². The lowest BCUT2D eigenvalue weighted by Gasteiger charge is -2.31. The van der Waals surface area contributed by atoms with Gasteiger partial charge < -0.3 is 15.3 Å². The maximum absolute atomic E-state index is 12.4. The lowest BCUT2D eigenvalue weighted by molar-refractivity contribution is -0.120. The number of amides is 1. The van der Waals surface area contributed by atoms with Crippen LogP contribution in [-0.2, 0) is 4.79 Å². The van der Waals surface area contributed by atoms with Gasteiger partial charge >= 0.3 is 0 Å². The van der Waals surface area contributed by atoms with E-state index in [1.165, 1.54) is 0 Å². The molecule has 2 aromatic rings. The predicted octanol–water partition coefficient (Wildman–Crippen LogP) is 2.04. The molecule has 1 aromatic carbocycles. The van der Waals surface area contributed by atoms with Gasteiger partial charge in [-0.25, -0.2) is 9.97 Å². The normalized spacial score (nSPS) is 18.0. The van der Waals surface area contributed by atoms with Gasteiger partial charge in [0.25, 0.3) is 0 Å². The first-order valence-electron chi connectivity index (χ1n) is 7.35. The number of carbonyl (C=O) groups excluding carboxylic acids is 1. The molecule has 0 radical (unpaired) electrons. The van der Waals surface area contributed by atoms with Gasteiger partial charge in [0.2, 0.25) is 11.9 Å². The number of phenolic OH excluding ortho intramolecular Hbond substituents is 1. The van der Waals surface area contributed by atoms with Gasteiger partial charge in [-0.1, -0.05) is 12.1 Å². The zero-order valence-electron chi connectivity index (χ0n) is 12.1. The fourth-order valence-electron chi connectivity index (χ4n) is 2.64. The van der Waals surface area contributed by atoms with Crippen molar-refractivity contribution in [2.24, 2.45) is 5.92 Å². The molecule has 22 heavy (non-hydrogen) atoms. The monoisotopic (exact) mass is 298 g/mol. The lowest BCUT2D eigenvalue weighted by atomic mass is 9.97. The highest BCUT2D eigenvalue weighted by Gasteiger charge is 2.27. The average Bonchev–Trinajstić information content (AvgIpc) is 2.58. The second-order valence-electron chi connectivity index (χ2n) is 5.34. The summed E-state index contributed by atoms with van der Waals surface area (Å²) in [5.74, 6) is 0.511. The molecule has 0 saturated carbocycles. The molecule has 1 aliphatic heterocycles. The fourth-order valence-corrected chi connectivity index (χ4v) is 2.64. The Balaban J connectivity index is 1.67. The van der Waals surface area contributed by atoms with Crippen LogP contribution in [0.3, 0.4) is 0 Å². The van der Waals surface area contributed by atoms with E-state index in [1.807, 2.05) is 4.90 Å². The third-order valence-corrected chi connectivity index (χ3v) is 3.79. The number of para-hydroxylation sites is 2. The Bertz CT molecular complexity index is 648. The molecule has 6 heteroatoms. The molecule has 1 unspecified atom stereocenters. The largest absolute Gasteiger partial charge is 0.506 e. The molecule has 1 amide bonds. The van der Waals surface area contributed by atoms with Crippen molar-refractivity contribution in [2.45, 2.75) is 12.8 Å². The van der Waals surface area contributed by atoms with E-state index in [0.29, 0.717) is 18.2 Å². The Morgan fingerprint density at radius 1 is 1.23 bits per heavy atom. The van der Waals surface area contributed by atoms with Gasteiger partial charge in [0.1, 0.15) is 5.75 Å². The van der Waals surface area contributed by atoms with Crippen LogP contribution in [0.4, 0.5) is 11.6 Å². The molecule has 1 atom stereocenters. The molecule has 3 rings (SSSR count). The molecule has 2 N–H and O–H groups in total. The van der Waals surface area contributed by atoms with Crippen molar-refractivity contribution in [3.05, 3.63) is 42.7 Å². The number of nitrogens with zero attached hydrogens (tertiary/aromatic N) is 3. The maximum atomic E-state index is 12.4. The van der Waals surface area contributed by atoms with Crippen LogP contribution in [0, 0.1) is 5.92 Å². The van der Waals surface area contributed by atoms with E-state index in [4.69, 9.17) is 0 Å². The zero-order chi connectivity index (χ0) is 15.4. The predicted molar refractivity (Wildman–Crippen MR) is 83.7 cm³/mol. The minimum absolute atomic E-state index is 0.0786. The number of hydrogen-bond acceptors (Lipinski definition) is 5. The van der Waals surface area contributed by atoms with Gasteiger partial charge in [0, 0.05) is 25.5 Å². The molecule has 1 fully saturated rings. The first-order valence-corrected chi connectivity index (χ1v) is 7.35. The van der Waals surface area contributed by atoms with Gasteiger partial charge in [-0.05, 0) is 31.0 Å². The first-order chi connectivity index (χ1) is 10.7. The van der Waals surface area contributed by atoms with E-state index in [2.05, 4.69) is 15.3 Å². The van der Waals surface area contributed by atoms with Crippen molar-refractivity contribution in [2.75, 3.05) is 23.3 Å². The van der Waals surface area contributed by atoms with Crippen molar-refractivity contribution in [1.29, 1.82) is 0 Å². The van der Waals surface area contributed by atoms with Crippen molar-refractivity contribution in [3.8, 4) is 5.75 Å². The highest BCUT2D eigenvalue weighted by Crippen LogP contribution is 2.25. The van der Waals surface area contributed by atoms with Crippen LogP contribution in [0.1, 0.15) is 12.8 Å². The summed E-state index contributed by atoms with van der Waals surface area (Å²) in [6.07, 6.45) is 5.14. The van der Waals surface area contributed by atoms with Crippen molar-refractivity contribution < 1.29 is 9.90 Å². The third kappa shape index (κ3) is 3.16. The van der Waals surface area contributed by atoms with E-state index >= 15 is 0 Å². The fraction of sp³-hybridized carbons (Fsp3) is 0.312. The first kappa shape index (κ1) is 14.3. The van der Waals surface area contributed by atoms with Crippen LogP contribution >= 0.6 is 0 Å². The molecule has 2 heterocycles. The Morgan fingerprint density at radius 2 is 2.00 bits per heavy atom. The van der Waals surface area contributed by atoms with Gasteiger partial charge in [0.05, 0.1) is 11.6 Å². The Morgan fingerprint density at radius 3 is 2.77 bits per heavy atom. The second kappa shape index (κ2) is 6.43. The van der Waals surface area contributed by atoms with E-state index in [0.717, 1.165) is 19.4 Å². The Kier molecular flexibility index (Phi) is 4.18. The molecular weight excluding hydrogens is 280 g/mol. The smallest absolute Gasteiger partial charge is 0.229 e. The number of benzene rings is 1. The minimum Gasteiger partial charge on any atom is -0.506 e. The van der Waals surface area contributed by atoms with Crippen molar-refractivity contribution in [3.63, 3.8) is 0 Å². The number of carbonyl (C=O) groups is 1. The van der Waals surface area contributed by atoms with Crippen molar-refractivity contribution >= 4 is 17.5 Å². The highest BCUT2D eigenvalue weighted by atomic mass is 16.3. The molecule has 0 aliphatic carbocycles. The van der Waals surface area contributed by atoms with Crippen LogP contribution in [0.25, 0.3) is 0 Å². The molecule has 1 saturated heterocycles. The molecule has 0 spiro atoms. The second-order valence-corrected chi connectivity index (χ2v) is 5.34. The molecule has 1 aromatic heterocycles. The van der Waals surface area contributed by atoms with Crippen LogP contribution in [0.5, 0.6) is 5.75 Å².